The van der Waals surface area contributed by atoms with E-state index >= 15 is 4.39 Å². The highest BCUT2D eigenvalue weighted by Gasteiger charge is 2.33. The normalized spacial score (nSPS) is 21.7. The number of ether oxygens (including phenoxy) is 2. The minimum Gasteiger partial charge on any atom is -0.397 e. The van der Waals surface area contributed by atoms with Gasteiger partial charge in [0.15, 0.2) is 0 Å². The molecule has 1 saturated heterocycles. The lowest BCUT2D eigenvalue weighted by Crippen LogP contribution is -2.39. The van der Waals surface area contributed by atoms with Gasteiger partial charge in [0.05, 0.1) is 36.4 Å². The maximum Gasteiger partial charge on any atom is 0.263 e. The molecule has 0 aromatic carbocycles. The van der Waals surface area contributed by atoms with Crippen LogP contribution in [0.4, 0.5) is 15.9 Å². The zero-order chi connectivity index (χ0) is 25.4. The molecule has 4 heterocycles. The van der Waals surface area contributed by atoms with Crippen LogP contribution in [-0.4, -0.2) is 72.5 Å². The standard InChI is InChI=1S/C24H30FN7O3S/c1-12-28-9-15-21(27)22(36-24(15)29-12)23(33)30-13-3-4-18-14(7-13)16(25)8-20(31-18)32-10-17(26)19(11-32)35-6-5-34-2/h8-9,13,17,19H,3-7,10-11,26-27H2,1-2H3,(H,30,33). The number of aryl methyl sites for hydroxylation is 2. The summed E-state index contributed by atoms with van der Waals surface area (Å²) in [5.74, 6) is 0.582. The maximum atomic E-state index is 15.2. The number of rotatable bonds is 7. The van der Waals surface area contributed by atoms with Crippen molar-refractivity contribution in [2.24, 2.45) is 5.73 Å². The number of nitrogen functional groups attached to an aromatic ring is 1. The molecule has 1 aliphatic carbocycles. The monoisotopic (exact) mass is 515 g/mol. The van der Waals surface area contributed by atoms with Crippen LogP contribution in [0.25, 0.3) is 10.2 Å². The van der Waals surface area contributed by atoms with Gasteiger partial charge in [-0.3, -0.25) is 4.79 Å². The SMILES string of the molecule is COCCOC1CN(c2cc(F)c3c(n2)CCC(NC(=O)c2sc4nc(C)ncc4c2N)C3)CC1N. The van der Waals surface area contributed by atoms with Gasteiger partial charge in [0, 0.05) is 49.8 Å². The van der Waals surface area contributed by atoms with Crippen LogP contribution in [0, 0.1) is 12.7 Å². The van der Waals surface area contributed by atoms with E-state index < -0.39 is 0 Å². The average Bonchev–Trinajstić information content (AvgIpc) is 3.38. The lowest BCUT2D eigenvalue weighted by Gasteiger charge is -2.27. The van der Waals surface area contributed by atoms with Crippen molar-refractivity contribution in [2.75, 3.05) is 44.0 Å². The number of thiophene rings is 1. The summed E-state index contributed by atoms with van der Waals surface area (Å²) in [6, 6.07) is 1.06. The Morgan fingerprint density at radius 2 is 2.17 bits per heavy atom. The Balaban J connectivity index is 1.26. The number of halogens is 1. The van der Waals surface area contributed by atoms with E-state index in [-0.39, 0.29) is 29.9 Å². The number of amides is 1. The number of fused-ring (bicyclic) bond motifs is 2. The number of hydrogen-bond acceptors (Lipinski definition) is 10. The number of nitrogens with one attached hydrogen (secondary N) is 1. The molecule has 3 unspecified atom stereocenters. The molecule has 5 rings (SSSR count). The van der Waals surface area contributed by atoms with E-state index in [4.69, 9.17) is 25.9 Å². The molecule has 36 heavy (non-hydrogen) atoms. The van der Waals surface area contributed by atoms with Crippen LogP contribution in [0.5, 0.6) is 0 Å². The summed E-state index contributed by atoms with van der Waals surface area (Å²) in [7, 11) is 1.62. The fourth-order valence-electron chi connectivity index (χ4n) is 4.79. The smallest absolute Gasteiger partial charge is 0.263 e. The first-order valence-electron chi connectivity index (χ1n) is 12.0. The Kier molecular flexibility index (Phi) is 7.02. The largest absolute Gasteiger partial charge is 0.397 e. The molecule has 3 atom stereocenters. The Labute approximate surface area is 212 Å². The van der Waals surface area contributed by atoms with Crippen molar-refractivity contribution < 1.29 is 18.7 Å². The lowest BCUT2D eigenvalue weighted by atomic mass is 9.91. The highest BCUT2D eigenvalue weighted by molar-refractivity contribution is 7.21. The molecule has 12 heteroatoms. The number of anilines is 2. The minimum atomic E-state index is -0.321. The Bertz CT molecular complexity index is 1290. The Morgan fingerprint density at radius 3 is 2.97 bits per heavy atom. The molecule has 5 N–H and O–H groups in total. The molecule has 1 aliphatic heterocycles. The summed E-state index contributed by atoms with van der Waals surface area (Å²) >= 11 is 1.24. The van der Waals surface area contributed by atoms with Crippen molar-refractivity contribution in [2.45, 2.75) is 44.4 Å². The van der Waals surface area contributed by atoms with Gasteiger partial charge in [-0.15, -0.1) is 11.3 Å². The molecule has 3 aromatic heterocycles. The molecular formula is C24H30FN7O3S. The van der Waals surface area contributed by atoms with Crippen LogP contribution in [-0.2, 0) is 22.3 Å². The van der Waals surface area contributed by atoms with E-state index in [2.05, 4.69) is 15.3 Å². The van der Waals surface area contributed by atoms with Crippen molar-refractivity contribution in [1.29, 1.82) is 0 Å². The van der Waals surface area contributed by atoms with E-state index in [1.807, 2.05) is 4.90 Å². The summed E-state index contributed by atoms with van der Waals surface area (Å²) in [6.45, 7) is 3.84. The summed E-state index contributed by atoms with van der Waals surface area (Å²) < 4.78 is 26.0. The maximum absolute atomic E-state index is 15.2. The number of carbonyl (C=O) groups excluding carboxylic acids is 1. The summed E-state index contributed by atoms with van der Waals surface area (Å²) in [5, 5.41) is 3.69. The van der Waals surface area contributed by atoms with Gasteiger partial charge in [0.1, 0.15) is 27.2 Å². The lowest BCUT2D eigenvalue weighted by molar-refractivity contribution is 0.0212. The highest BCUT2D eigenvalue weighted by atomic mass is 32.1. The molecule has 192 valence electrons. The first kappa shape index (κ1) is 24.8. The average molecular weight is 516 g/mol. The highest BCUT2D eigenvalue weighted by Crippen LogP contribution is 2.33. The van der Waals surface area contributed by atoms with Crippen molar-refractivity contribution in [1.82, 2.24) is 20.3 Å². The van der Waals surface area contributed by atoms with E-state index in [1.165, 1.54) is 17.4 Å². The predicted octanol–water partition coefficient (Wildman–Crippen LogP) is 1.58. The van der Waals surface area contributed by atoms with Gasteiger partial charge in [-0.05, 0) is 26.2 Å². The molecule has 10 nitrogen and oxygen atoms in total. The van der Waals surface area contributed by atoms with Gasteiger partial charge in [0.25, 0.3) is 5.91 Å². The number of carbonyl (C=O) groups is 1. The zero-order valence-corrected chi connectivity index (χ0v) is 21.1. The van der Waals surface area contributed by atoms with Crippen LogP contribution in [0.3, 0.4) is 0 Å². The summed E-state index contributed by atoms with van der Waals surface area (Å²) in [6.07, 6.45) is 3.06. The molecule has 1 fully saturated rings. The number of nitrogens with two attached hydrogens (primary N) is 2. The minimum absolute atomic E-state index is 0.156. The quantitative estimate of drug-likeness (QED) is 0.400. The van der Waals surface area contributed by atoms with E-state index in [0.29, 0.717) is 83.6 Å². The molecule has 0 spiro atoms. The number of methoxy groups -OCH3 is 1. The molecule has 3 aromatic rings. The fraction of sp³-hybridized carbons (Fsp3) is 0.500. The number of aromatic nitrogens is 3. The Hall–Kier alpha value is -2.93. The number of pyridine rings is 1. The third kappa shape index (κ3) is 4.85. The molecule has 1 amide bonds. The molecule has 0 saturated carbocycles. The topological polar surface area (TPSA) is 142 Å². The van der Waals surface area contributed by atoms with Crippen molar-refractivity contribution in [3.05, 3.63) is 40.0 Å². The summed E-state index contributed by atoms with van der Waals surface area (Å²) in [5.41, 5.74) is 14.1. The third-order valence-electron chi connectivity index (χ3n) is 6.72. The third-order valence-corrected chi connectivity index (χ3v) is 7.84. The van der Waals surface area contributed by atoms with Crippen LogP contribution in [0.15, 0.2) is 12.3 Å². The summed E-state index contributed by atoms with van der Waals surface area (Å²) in [4.78, 5) is 29.3. The second-order valence-corrected chi connectivity index (χ2v) is 10.3. The van der Waals surface area contributed by atoms with Gasteiger partial charge in [0.2, 0.25) is 0 Å². The zero-order valence-electron chi connectivity index (χ0n) is 20.3. The van der Waals surface area contributed by atoms with Gasteiger partial charge < -0.3 is 31.2 Å². The van der Waals surface area contributed by atoms with Crippen LogP contribution in [0.2, 0.25) is 0 Å². The van der Waals surface area contributed by atoms with Gasteiger partial charge in [-0.1, -0.05) is 0 Å². The van der Waals surface area contributed by atoms with E-state index in [0.717, 1.165) is 5.69 Å². The van der Waals surface area contributed by atoms with Crippen molar-refractivity contribution in [3.8, 4) is 0 Å². The van der Waals surface area contributed by atoms with Gasteiger partial charge in [-0.2, -0.15) is 0 Å². The number of hydrogen-bond donors (Lipinski definition) is 3. The van der Waals surface area contributed by atoms with Gasteiger partial charge >= 0.3 is 0 Å². The fourth-order valence-corrected chi connectivity index (χ4v) is 5.81. The molecule has 2 aliphatic rings. The molecular weight excluding hydrogens is 485 g/mol. The van der Waals surface area contributed by atoms with Gasteiger partial charge in [-0.25, -0.2) is 19.3 Å². The first-order valence-corrected chi connectivity index (χ1v) is 12.8. The van der Waals surface area contributed by atoms with E-state index in [1.54, 1.807) is 20.2 Å². The van der Waals surface area contributed by atoms with Crippen LogP contribution in [0.1, 0.15) is 33.2 Å². The first-order chi connectivity index (χ1) is 17.3. The van der Waals surface area contributed by atoms with E-state index in [9.17, 15) is 4.79 Å². The second kappa shape index (κ2) is 10.2. The Morgan fingerprint density at radius 1 is 1.33 bits per heavy atom. The van der Waals surface area contributed by atoms with Crippen molar-refractivity contribution in [3.63, 3.8) is 0 Å². The number of nitrogens with zero attached hydrogens (tertiary/aromatic N) is 4. The van der Waals surface area contributed by atoms with Crippen molar-refractivity contribution >= 4 is 39.0 Å². The van der Waals surface area contributed by atoms with Crippen LogP contribution >= 0.6 is 11.3 Å². The van der Waals surface area contributed by atoms with Crippen LogP contribution < -0.4 is 21.7 Å². The predicted molar refractivity (Wildman–Crippen MR) is 136 cm³/mol. The second-order valence-electron chi connectivity index (χ2n) is 9.25. The molecule has 0 radical (unpaired) electrons. The molecule has 0 bridgehead atoms.